The monoisotopic (exact) mass is 412 g/mol. The molecule has 164 valence electrons. The number of nitrogens with one attached hydrogen (secondary N) is 2. The smallest absolute Gasteiger partial charge is 0.272 e. The van der Waals surface area contributed by atoms with E-state index in [1.54, 1.807) is 17.8 Å². The molecular formula is C24H36N4O2. The molecule has 0 radical (unpaired) electrons. The molecular weight excluding hydrogens is 376 g/mol. The third kappa shape index (κ3) is 3.56. The summed E-state index contributed by atoms with van der Waals surface area (Å²) in [6.07, 6.45) is 10.5. The van der Waals surface area contributed by atoms with Gasteiger partial charge in [-0.2, -0.15) is 5.10 Å². The van der Waals surface area contributed by atoms with Crippen LogP contribution in [0, 0.1) is 35.5 Å². The van der Waals surface area contributed by atoms with Crippen LogP contribution >= 0.6 is 0 Å². The van der Waals surface area contributed by atoms with Crippen molar-refractivity contribution in [3.63, 3.8) is 0 Å². The van der Waals surface area contributed by atoms with E-state index in [2.05, 4.69) is 29.6 Å². The highest BCUT2D eigenvalue weighted by Crippen LogP contribution is 2.50. The minimum Gasteiger partial charge on any atom is -0.348 e. The molecule has 1 heterocycles. The van der Waals surface area contributed by atoms with E-state index in [9.17, 15) is 9.59 Å². The molecule has 1 aromatic heterocycles. The van der Waals surface area contributed by atoms with E-state index in [1.165, 1.54) is 51.4 Å². The zero-order valence-corrected chi connectivity index (χ0v) is 18.6. The van der Waals surface area contributed by atoms with Crippen LogP contribution in [-0.4, -0.2) is 33.7 Å². The lowest BCUT2D eigenvalue weighted by Gasteiger charge is -2.28. The summed E-state index contributed by atoms with van der Waals surface area (Å²) in [6, 6.07) is 1.97. The molecule has 0 saturated heterocycles. The van der Waals surface area contributed by atoms with E-state index in [-0.39, 0.29) is 23.9 Å². The van der Waals surface area contributed by atoms with Gasteiger partial charge in [0.15, 0.2) is 5.69 Å². The van der Waals surface area contributed by atoms with Crippen LogP contribution in [0.15, 0.2) is 6.07 Å². The molecule has 6 nitrogen and oxygen atoms in total. The average Bonchev–Trinajstić information content (AvgIpc) is 3.53. The molecule has 5 rings (SSSR count). The van der Waals surface area contributed by atoms with E-state index < -0.39 is 0 Å². The largest absolute Gasteiger partial charge is 0.348 e. The Bertz CT molecular complexity index is 833. The van der Waals surface area contributed by atoms with Crippen molar-refractivity contribution in [3.05, 3.63) is 17.5 Å². The van der Waals surface area contributed by atoms with Crippen LogP contribution in [0.2, 0.25) is 0 Å². The Morgan fingerprint density at radius 2 is 1.43 bits per heavy atom. The molecule has 0 aromatic carbocycles. The van der Waals surface area contributed by atoms with E-state index in [0.717, 1.165) is 23.7 Å². The number of rotatable bonds is 6. The number of hydrogen-bond donors (Lipinski definition) is 2. The first-order chi connectivity index (χ1) is 14.4. The van der Waals surface area contributed by atoms with Gasteiger partial charge in [-0.25, -0.2) is 0 Å². The molecule has 4 saturated carbocycles. The SMILES string of the molecule is C[C@H](NC(=O)c1cc(C(=O)N[C@@H](C)[C@H]2C[C@@H]3CC[C@@H]2C3)nn1C)[C@@H]1C[C@@H]2CC[C@@H]1C2. The first kappa shape index (κ1) is 20.1. The normalized spacial score (nSPS) is 36.1. The fourth-order valence-corrected chi connectivity index (χ4v) is 7.38. The Labute approximate surface area is 179 Å². The van der Waals surface area contributed by atoms with Gasteiger partial charge in [-0.3, -0.25) is 14.3 Å². The second-order valence-corrected chi connectivity index (χ2v) is 10.7. The second-order valence-electron chi connectivity index (χ2n) is 10.7. The van der Waals surface area contributed by atoms with Crippen molar-refractivity contribution in [3.8, 4) is 0 Å². The summed E-state index contributed by atoms with van der Waals surface area (Å²) >= 11 is 0. The predicted octanol–water partition coefficient (Wildman–Crippen LogP) is 3.53. The van der Waals surface area contributed by atoms with Gasteiger partial charge >= 0.3 is 0 Å². The molecule has 4 bridgehead atoms. The van der Waals surface area contributed by atoms with Crippen LogP contribution < -0.4 is 10.6 Å². The first-order valence-corrected chi connectivity index (χ1v) is 12.0. The fourth-order valence-electron chi connectivity index (χ4n) is 7.38. The zero-order valence-electron chi connectivity index (χ0n) is 18.6. The quantitative estimate of drug-likeness (QED) is 0.750. The summed E-state index contributed by atoms with van der Waals surface area (Å²) in [5, 5.41) is 10.7. The minimum atomic E-state index is -0.166. The number of aromatic nitrogens is 2. The summed E-state index contributed by atoms with van der Waals surface area (Å²) in [7, 11) is 1.74. The molecule has 8 atom stereocenters. The Balaban J connectivity index is 1.19. The molecule has 0 aliphatic heterocycles. The third-order valence-electron chi connectivity index (χ3n) is 8.93. The Morgan fingerprint density at radius 1 is 0.900 bits per heavy atom. The van der Waals surface area contributed by atoms with Crippen molar-refractivity contribution in [1.29, 1.82) is 0 Å². The van der Waals surface area contributed by atoms with Crippen LogP contribution in [0.25, 0.3) is 0 Å². The molecule has 4 fully saturated rings. The van der Waals surface area contributed by atoms with Crippen LogP contribution in [0.1, 0.15) is 86.2 Å². The van der Waals surface area contributed by atoms with E-state index in [1.807, 2.05) is 0 Å². The maximum absolute atomic E-state index is 12.9. The van der Waals surface area contributed by atoms with E-state index in [4.69, 9.17) is 0 Å². The van der Waals surface area contributed by atoms with Crippen LogP contribution in [-0.2, 0) is 7.05 Å². The number of amides is 2. The van der Waals surface area contributed by atoms with Gasteiger partial charge in [-0.05, 0) is 87.9 Å². The van der Waals surface area contributed by atoms with Crippen molar-refractivity contribution in [1.82, 2.24) is 20.4 Å². The molecule has 0 spiro atoms. The molecule has 6 heteroatoms. The first-order valence-electron chi connectivity index (χ1n) is 12.0. The van der Waals surface area contributed by atoms with Crippen molar-refractivity contribution >= 4 is 11.8 Å². The Kier molecular flexibility index (Phi) is 5.14. The van der Waals surface area contributed by atoms with Crippen molar-refractivity contribution in [2.45, 2.75) is 77.3 Å². The highest BCUT2D eigenvalue weighted by atomic mass is 16.2. The topological polar surface area (TPSA) is 76.0 Å². The summed E-state index contributed by atoms with van der Waals surface area (Å²) in [5.74, 6) is 4.15. The second kappa shape index (κ2) is 7.69. The average molecular weight is 413 g/mol. The predicted molar refractivity (Wildman–Crippen MR) is 115 cm³/mol. The van der Waals surface area contributed by atoms with Crippen molar-refractivity contribution in [2.24, 2.45) is 42.6 Å². The molecule has 4 aliphatic rings. The van der Waals surface area contributed by atoms with Crippen LogP contribution in [0.5, 0.6) is 0 Å². The van der Waals surface area contributed by atoms with E-state index in [0.29, 0.717) is 23.2 Å². The third-order valence-corrected chi connectivity index (χ3v) is 8.93. The number of carbonyl (C=O) groups is 2. The van der Waals surface area contributed by atoms with Gasteiger partial charge in [-0.15, -0.1) is 0 Å². The zero-order chi connectivity index (χ0) is 21.0. The lowest BCUT2D eigenvalue weighted by molar-refractivity contribution is 0.0899. The maximum atomic E-state index is 12.9. The van der Waals surface area contributed by atoms with Gasteiger partial charge in [0.1, 0.15) is 5.69 Å². The van der Waals surface area contributed by atoms with Gasteiger partial charge in [0, 0.05) is 25.2 Å². The van der Waals surface area contributed by atoms with Gasteiger partial charge in [0.25, 0.3) is 11.8 Å². The number of aryl methyl sites for hydroxylation is 1. The van der Waals surface area contributed by atoms with E-state index >= 15 is 0 Å². The standard InChI is InChI=1S/C24H36N4O2/c1-13(19-10-15-4-6-17(19)8-15)25-23(29)21-12-22(28(3)27-21)24(30)26-14(2)20-11-16-5-7-18(20)9-16/h12-20H,4-11H2,1-3H3,(H,25,29)(H,26,30)/t13-,14-,15+,16+,17+,18+,19+,20-/m0/s1. The summed E-state index contributed by atoms with van der Waals surface area (Å²) in [6.45, 7) is 4.25. The van der Waals surface area contributed by atoms with Gasteiger partial charge < -0.3 is 10.6 Å². The van der Waals surface area contributed by atoms with Crippen molar-refractivity contribution in [2.75, 3.05) is 0 Å². The molecule has 30 heavy (non-hydrogen) atoms. The highest BCUT2D eigenvalue weighted by Gasteiger charge is 2.43. The molecule has 1 aromatic rings. The Morgan fingerprint density at radius 3 is 1.90 bits per heavy atom. The maximum Gasteiger partial charge on any atom is 0.272 e. The summed E-state index contributed by atoms with van der Waals surface area (Å²) in [4.78, 5) is 25.7. The Hall–Kier alpha value is -1.85. The van der Waals surface area contributed by atoms with Crippen LogP contribution in [0.4, 0.5) is 0 Å². The fraction of sp³-hybridized carbons (Fsp3) is 0.792. The van der Waals surface area contributed by atoms with Gasteiger partial charge in [-0.1, -0.05) is 12.8 Å². The summed E-state index contributed by atoms with van der Waals surface area (Å²) < 4.78 is 1.54. The molecule has 0 unspecified atom stereocenters. The number of nitrogens with zero attached hydrogens (tertiary/aromatic N) is 2. The lowest BCUT2D eigenvalue weighted by Crippen LogP contribution is -2.40. The molecule has 2 N–H and O–H groups in total. The number of fused-ring (bicyclic) bond motifs is 4. The van der Waals surface area contributed by atoms with Crippen molar-refractivity contribution < 1.29 is 9.59 Å². The highest BCUT2D eigenvalue weighted by molar-refractivity contribution is 5.98. The number of hydrogen-bond acceptors (Lipinski definition) is 3. The number of carbonyl (C=O) groups excluding carboxylic acids is 2. The minimum absolute atomic E-state index is 0.125. The lowest BCUT2D eigenvalue weighted by atomic mass is 9.84. The summed E-state index contributed by atoms with van der Waals surface area (Å²) in [5.41, 5.74) is 0.799. The van der Waals surface area contributed by atoms with Gasteiger partial charge in [0.05, 0.1) is 0 Å². The molecule has 2 amide bonds. The van der Waals surface area contributed by atoms with Crippen LogP contribution in [0.3, 0.4) is 0 Å². The van der Waals surface area contributed by atoms with Gasteiger partial charge in [0.2, 0.25) is 0 Å². The molecule has 4 aliphatic carbocycles.